The molecular formula is C5H10O2S. The average molecular weight is 134 g/mol. The van der Waals surface area contributed by atoms with Crippen LogP contribution in [0, 0.1) is 0 Å². The van der Waals surface area contributed by atoms with Crippen molar-refractivity contribution in [2.45, 2.75) is 18.6 Å². The second-order valence-electron chi connectivity index (χ2n) is 1.64. The van der Waals surface area contributed by atoms with Gasteiger partial charge in [-0.2, -0.15) is 12.6 Å². The molecule has 1 unspecified atom stereocenters. The highest BCUT2D eigenvalue weighted by Gasteiger charge is 2.05. The molecule has 1 atom stereocenters. The van der Waals surface area contributed by atoms with E-state index >= 15 is 0 Å². The molecule has 8 heavy (non-hydrogen) atoms. The number of rotatable bonds is 3. The zero-order valence-corrected chi connectivity index (χ0v) is 5.69. The fraction of sp³-hybridized carbons (Fsp3) is 0.800. The smallest absolute Gasteiger partial charge is 0.142 e. The molecule has 0 aliphatic rings. The van der Waals surface area contributed by atoms with E-state index in [1.807, 2.05) is 0 Å². The van der Waals surface area contributed by atoms with Crippen molar-refractivity contribution in [1.29, 1.82) is 0 Å². The van der Waals surface area contributed by atoms with Crippen LogP contribution in [0.3, 0.4) is 0 Å². The summed E-state index contributed by atoms with van der Waals surface area (Å²) in [7, 11) is 0. The topological polar surface area (TPSA) is 37.3 Å². The van der Waals surface area contributed by atoms with Crippen LogP contribution in [0.25, 0.3) is 0 Å². The van der Waals surface area contributed by atoms with E-state index in [4.69, 9.17) is 5.11 Å². The first-order chi connectivity index (χ1) is 3.68. The SMILES string of the molecule is CC(=O)C(S)CCO. The molecule has 0 heterocycles. The first-order valence-corrected chi connectivity index (χ1v) is 2.99. The molecule has 0 aromatic rings. The summed E-state index contributed by atoms with van der Waals surface area (Å²) in [4.78, 5) is 10.3. The van der Waals surface area contributed by atoms with Gasteiger partial charge in [-0.15, -0.1) is 0 Å². The Kier molecular flexibility index (Phi) is 3.91. The van der Waals surface area contributed by atoms with Crippen molar-refractivity contribution in [2.24, 2.45) is 0 Å². The highest BCUT2D eigenvalue weighted by atomic mass is 32.1. The largest absolute Gasteiger partial charge is 0.396 e. The lowest BCUT2D eigenvalue weighted by molar-refractivity contribution is -0.116. The molecule has 0 rings (SSSR count). The van der Waals surface area contributed by atoms with Crippen LogP contribution >= 0.6 is 12.6 Å². The molecule has 1 N–H and O–H groups in total. The molecule has 0 aromatic carbocycles. The predicted octanol–water partition coefficient (Wildman–Crippen LogP) is 0.256. The molecule has 0 fully saturated rings. The lowest BCUT2D eigenvalue weighted by Crippen LogP contribution is -2.11. The van der Waals surface area contributed by atoms with Crippen molar-refractivity contribution in [3.05, 3.63) is 0 Å². The molecule has 0 radical (unpaired) electrons. The van der Waals surface area contributed by atoms with Gasteiger partial charge in [-0.3, -0.25) is 4.79 Å². The number of aliphatic hydroxyl groups is 1. The summed E-state index contributed by atoms with van der Waals surface area (Å²) in [5, 5.41) is 8.01. The van der Waals surface area contributed by atoms with E-state index in [-0.39, 0.29) is 17.6 Å². The van der Waals surface area contributed by atoms with Gasteiger partial charge in [0.1, 0.15) is 5.78 Å². The molecule has 0 spiro atoms. The Morgan fingerprint density at radius 3 is 2.50 bits per heavy atom. The normalized spacial score (nSPS) is 13.4. The van der Waals surface area contributed by atoms with Gasteiger partial charge in [0.25, 0.3) is 0 Å². The summed E-state index contributed by atoms with van der Waals surface area (Å²) in [6.45, 7) is 1.50. The van der Waals surface area contributed by atoms with Gasteiger partial charge < -0.3 is 5.11 Å². The summed E-state index contributed by atoms with van der Waals surface area (Å²) in [6, 6.07) is 0. The van der Waals surface area contributed by atoms with Crippen LogP contribution in [0.1, 0.15) is 13.3 Å². The average Bonchev–Trinajstić information content (AvgIpc) is 1.67. The van der Waals surface area contributed by atoms with Crippen LogP contribution in [0.4, 0.5) is 0 Å². The van der Waals surface area contributed by atoms with Gasteiger partial charge in [0, 0.05) is 6.61 Å². The Labute approximate surface area is 54.3 Å². The zero-order chi connectivity index (χ0) is 6.57. The summed E-state index contributed by atoms with van der Waals surface area (Å²) in [6.07, 6.45) is 0.457. The van der Waals surface area contributed by atoms with Crippen molar-refractivity contribution in [3.8, 4) is 0 Å². The highest BCUT2D eigenvalue weighted by molar-refractivity contribution is 7.81. The third-order valence-electron chi connectivity index (χ3n) is 0.872. The molecule has 3 heteroatoms. The number of hydrogen-bond donors (Lipinski definition) is 2. The van der Waals surface area contributed by atoms with Crippen LogP contribution in [-0.4, -0.2) is 22.7 Å². The number of carbonyl (C=O) groups excluding carboxylic acids is 1. The second kappa shape index (κ2) is 3.92. The first kappa shape index (κ1) is 7.98. The molecule has 0 amide bonds. The maximum absolute atomic E-state index is 10.3. The summed E-state index contributed by atoms with van der Waals surface area (Å²) in [5.74, 6) is 0.0161. The van der Waals surface area contributed by atoms with E-state index in [0.717, 1.165) is 0 Å². The van der Waals surface area contributed by atoms with E-state index in [1.54, 1.807) is 0 Å². The van der Waals surface area contributed by atoms with E-state index < -0.39 is 0 Å². The predicted molar refractivity (Wildman–Crippen MR) is 35.2 cm³/mol. The lowest BCUT2D eigenvalue weighted by atomic mass is 10.2. The molecule has 0 saturated carbocycles. The molecule has 0 saturated heterocycles. The van der Waals surface area contributed by atoms with E-state index in [2.05, 4.69) is 12.6 Å². The standard InChI is InChI=1S/C5H10O2S/c1-4(7)5(8)2-3-6/h5-6,8H,2-3H2,1H3. The third-order valence-corrected chi connectivity index (χ3v) is 1.49. The lowest BCUT2D eigenvalue weighted by Gasteiger charge is -2.00. The maximum atomic E-state index is 10.3. The van der Waals surface area contributed by atoms with Crippen molar-refractivity contribution < 1.29 is 9.90 Å². The van der Waals surface area contributed by atoms with E-state index in [0.29, 0.717) is 6.42 Å². The summed E-state index contributed by atoms with van der Waals surface area (Å²) in [5.41, 5.74) is 0. The number of ketones is 1. The first-order valence-electron chi connectivity index (χ1n) is 2.48. The Bertz CT molecular complexity index is 82.5. The van der Waals surface area contributed by atoms with Crippen LogP contribution < -0.4 is 0 Å². The van der Waals surface area contributed by atoms with Crippen molar-refractivity contribution in [3.63, 3.8) is 0 Å². The van der Waals surface area contributed by atoms with Gasteiger partial charge in [-0.25, -0.2) is 0 Å². The fourth-order valence-electron chi connectivity index (χ4n) is 0.326. The minimum atomic E-state index is -0.278. The van der Waals surface area contributed by atoms with Crippen molar-refractivity contribution >= 4 is 18.4 Å². The quantitative estimate of drug-likeness (QED) is 0.543. The van der Waals surface area contributed by atoms with Gasteiger partial charge in [0.15, 0.2) is 0 Å². The second-order valence-corrected chi connectivity index (χ2v) is 2.26. The van der Waals surface area contributed by atoms with Crippen LogP contribution in [0.2, 0.25) is 0 Å². The summed E-state index contributed by atoms with van der Waals surface area (Å²) < 4.78 is 0. The molecule has 2 nitrogen and oxygen atoms in total. The fourth-order valence-corrected chi connectivity index (χ4v) is 0.441. The zero-order valence-electron chi connectivity index (χ0n) is 4.79. The monoisotopic (exact) mass is 134 g/mol. The van der Waals surface area contributed by atoms with Crippen LogP contribution in [0.15, 0.2) is 0 Å². The van der Waals surface area contributed by atoms with Crippen LogP contribution in [0.5, 0.6) is 0 Å². The van der Waals surface area contributed by atoms with Gasteiger partial charge in [0.2, 0.25) is 0 Å². The van der Waals surface area contributed by atoms with Gasteiger partial charge in [-0.05, 0) is 13.3 Å². The molecule has 0 bridgehead atoms. The van der Waals surface area contributed by atoms with Gasteiger partial charge >= 0.3 is 0 Å². The maximum Gasteiger partial charge on any atom is 0.142 e. The number of hydrogen-bond acceptors (Lipinski definition) is 3. The summed E-state index contributed by atoms with van der Waals surface area (Å²) >= 11 is 3.90. The van der Waals surface area contributed by atoms with E-state index in [9.17, 15) is 4.79 Å². The third kappa shape index (κ3) is 3.04. The Balaban J connectivity index is 3.32. The van der Waals surface area contributed by atoms with Crippen molar-refractivity contribution in [1.82, 2.24) is 0 Å². The van der Waals surface area contributed by atoms with E-state index in [1.165, 1.54) is 6.92 Å². The number of carbonyl (C=O) groups is 1. The number of Topliss-reactive ketones (excluding diaryl/α,β-unsaturated/α-hetero) is 1. The Morgan fingerprint density at radius 1 is 1.88 bits per heavy atom. The van der Waals surface area contributed by atoms with Crippen molar-refractivity contribution in [2.75, 3.05) is 6.61 Å². The molecule has 0 aromatic heterocycles. The highest BCUT2D eigenvalue weighted by Crippen LogP contribution is 1.99. The molecule has 48 valence electrons. The molecular weight excluding hydrogens is 124 g/mol. The Morgan fingerprint density at radius 2 is 2.38 bits per heavy atom. The number of thiol groups is 1. The molecule has 0 aliphatic carbocycles. The van der Waals surface area contributed by atoms with Crippen LogP contribution in [-0.2, 0) is 4.79 Å². The minimum Gasteiger partial charge on any atom is -0.396 e. The van der Waals surface area contributed by atoms with Gasteiger partial charge in [-0.1, -0.05) is 0 Å². The minimum absolute atomic E-state index is 0.0161. The van der Waals surface area contributed by atoms with Gasteiger partial charge in [0.05, 0.1) is 5.25 Å². The number of aliphatic hydroxyl groups excluding tert-OH is 1. The Hall–Kier alpha value is -0.0200. The molecule has 0 aliphatic heterocycles.